The van der Waals surface area contributed by atoms with Gasteiger partial charge in [0, 0.05) is 27.6 Å². The molecule has 0 fully saturated rings. The predicted octanol–water partition coefficient (Wildman–Crippen LogP) is 4.42. The van der Waals surface area contributed by atoms with E-state index in [0.29, 0.717) is 11.6 Å². The van der Waals surface area contributed by atoms with Crippen molar-refractivity contribution in [3.05, 3.63) is 44.9 Å². The zero-order chi connectivity index (χ0) is 11.3. The Morgan fingerprint density at radius 2 is 2.07 bits per heavy atom. The van der Waals surface area contributed by atoms with Gasteiger partial charge < -0.3 is 5.32 Å². The summed E-state index contributed by atoms with van der Waals surface area (Å²) in [4.78, 5) is 0. The molecule has 15 heavy (non-hydrogen) atoms. The predicted molar refractivity (Wildman–Crippen MR) is 70.3 cm³/mol. The molecule has 0 radical (unpaired) electrons. The third kappa shape index (κ3) is 4.56. The minimum atomic E-state index is 0.253. The van der Waals surface area contributed by atoms with Gasteiger partial charge >= 0.3 is 0 Å². The molecule has 0 heterocycles. The number of benzene rings is 1. The fourth-order valence-electron chi connectivity index (χ4n) is 1.16. The van der Waals surface area contributed by atoms with Gasteiger partial charge in [0.15, 0.2) is 0 Å². The first-order valence-corrected chi connectivity index (χ1v) is 6.18. The van der Waals surface area contributed by atoms with Gasteiger partial charge in [0.1, 0.15) is 0 Å². The molecule has 0 amide bonds. The Kier molecular flexibility index (Phi) is 5.69. The Bertz CT molecular complexity index is 335. The van der Waals surface area contributed by atoms with E-state index in [1.807, 2.05) is 12.1 Å². The largest absolute Gasteiger partial charge is 0.305 e. The Morgan fingerprint density at radius 3 is 2.60 bits per heavy atom. The monoisotopic (exact) mass is 307 g/mol. The second-order valence-corrected chi connectivity index (χ2v) is 4.83. The third-order valence-electron chi connectivity index (χ3n) is 2.07. The van der Waals surface area contributed by atoms with Crippen molar-refractivity contribution in [1.82, 2.24) is 5.32 Å². The van der Waals surface area contributed by atoms with Crippen molar-refractivity contribution in [3.63, 3.8) is 0 Å². The van der Waals surface area contributed by atoms with Gasteiger partial charge in [-0.1, -0.05) is 51.3 Å². The maximum atomic E-state index is 5.78. The van der Waals surface area contributed by atoms with Gasteiger partial charge in [-0.25, -0.2) is 0 Å². The van der Waals surface area contributed by atoms with Crippen LogP contribution in [0.3, 0.4) is 0 Å². The lowest BCUT2D eigenvalue weighted by Crippen LogP contribution is -2.19. The van der Waals surface area contributed by atoms with Crippen molar-refractivity contribution >= 4 is 39.1 Å². The maximum Gasteiger partial charge on any atom is 0.0432 e. The number of hydrogen-bond acceptors (Lipinski definition) is 1. The summed E-state index contributed by atoms with van der Waals surface area (Å²) < 4.78 is 1.08. The Morgan fingerprint density at radius 1 is 1.47 bits per heavy atom. The molecule has 1 nitrogen and oxygen atoms in total. The van der Waals surface area contributed by atoms with E-state index in [4.69, 9.17) is 23.2 Å². The van der Waals surface area contributed by atoms with Crippen LogP contribution >= 0.6 is 39.1 Å². The van der Waals surface area contributed by atoms with Crippen molar-refractivity contribution in [2.24, 2.45) is 0 Å². The van der Waals surface area contributed by atoms with Crippen molar-refractivity contribution in [2.75, 3.05) is 6.54 Å². The summed E-state index contributed by atoms with van der Waals surface area (Å²) >= 11 is 14.6. The maximum absolute atomic E-state index is 5.78. The summed E-state index contributed by atoms with van der Waals surface area (Å²) in [5.41, 5.74) is 2.60. The molecular weight excluding hydrogens is 297 g/mol. The molecule has 0 spiro atoms. The highest BCUT2D eigenvalue weighted by molar-refractivity contribution is 9.10. The standard InChI is InChI=1S/C11H12BrCl2N/c1-8(15-7-11(14)6-13)9-2-4-10(12)5-3-9/h2-6,8,15H,7H2,1H3/b11-6-/t8-/m0/s1. The van der Waals surface area contributed by atoms with Gasteiger partial charge in [-0.2, -0.15) is 0 Å². The van der Waals surface area contributed by atoms with E-state index in [1.165, 1.54) is 11.1 Å². The molecule has 4 heteroatoms. The summed E-state index contributed by atoms with van der Waals surface area (Å²) in [5.74, 6) is 0. The highest BCUT2D eigenvalue weighted by Gasteiger charge is 2.04. The van der Waals surface area contributed by atoms with Crippen LogP contribution in [0.15, 0.2) is 39.3 Å². The van der Waals surface area contributed by atoms with Gasteiger partial charge in [-0.15, -0.1) is 0 Å². The molecule has 0 bridgehead atoms. The molecule has 1 aromatic rings. The Hall–Kier alpha value is -0.0200. The fourth-order valence-corrected chi connectivity index (χ4v) is 1.58. The Balaban J connectivity index is 2.53. The van der Waals surface area contributed by atoms with Crippen LogP contribution in [0.4, 0.5) is 0 Å². The van der Waals surface area contributed by atoms with Crippen LogP contribution in [-0.4, -0.2) is 6.54 Å². The fraction of sp³-hybridized carbons (Fsp3) is 0.273. The minimum Gasteiger partial charge on any atom is -0.305 e. The van der Waals surface area contributed by atoms with Crippen LogP contribution in [0, 0.1) is 0 Å². The van der Waals surface area contributed by atoms with Gasteiger partial charge in [-0.05, 0) is 24.6 Å². The SMILES string of the molecule is C[C@H](NC/C(Cl)=C/Cl)c1ccc(Br)cc1. The highest BCUT2D eigenvalue weighted by atomic mass is 79.9. The van der Waals surface area contributed by atoms with Crippen LogP contribution < -0.4 is 5.32 Å². The second-order valence-electron chi connectivity index (χ2n) is 3.21. The molecular formula is C11H12BrCl2N. The number of halogens is 3. The first-order valence-electron chi connectivity index (χ1n) is 4.57. The molecule has 1 N–H and O–H groups in total. The van der Waals surface area contributed by atoms with Crippen LogP contribution in [0.1, 0.15) is 18.5 Å². The van der Waals surface area contributed by atoms with Crippen molar-refractivity contribution in [1.29, 1.82) is 0 Å². The number of rotatable bonds is 4. The second kappa shape index (κ2) is 6.54. The summed E-state index contributed by atoms with van der Waals surface area (Å²) in [5, 5.41) is 3.88. The summed E-state index contributed by atoms with van der Waals surface area (Å²) in [7, 11) is 0. The van der Waals surface area contributed by atoms with Gasteiger partial charge in [0.2, 0.25) is 0 Å². The normalized spacial score (nSPS) is 14.0. The quantitative estimate of drug-likeness (QED) is 0.868. The van der Waals surface area contributed by atoms with E-state index in [0.717, 1.165) is 4.47 Å². The molecule has 0 unspecified atom stereocenters. The summed E-state index contributed by atoms with van der Waals surface area (Å²) in [6.45, 7) is 2.67. The zero-order valence-corrected chi connectivity index (χ0v) is 11.4. The lowest BCUT2D eigenvalue weighted by Gasteiger charge is -2.13. The van der Waals surface area contributed by atoms with Crippen molar-refractivity contribution in [2.45, 2.75) is 13.0 Å². The van der Waals surface area contributed by atoms with Gasteiger partial charge in [0.05, 0.1) is 0 Å². The molecule has 0 aromatic heterocycles. The van der Waals surface area contributed by atoms with Crippen LogP contribution in [0.25, 0.3) is 0 Å². The molecule has 0 saturated carbocycles. The van der Waals surface area contributed by atoms with E-state index >= 15 is 0 Å². The number of hydrogen-bond donors (Lipinski definition) is 1. The van der Waals surface area contributed by atoms with Crippen molar-refractivity contribution in [3.8, 4) is 0 Å². The summed E-state index contributed by atoms with van der Waals surface area (Å²) in [6.07, 6.45) is 0. The lowest BCUT2D eigenvalue weighted by molar-refractivity contribution is 0.614. The van der Waals surface area contributed by atoms with Crippen molar-refractivity contribution < 1.29 is 0 Å². The van der Waals surface area contributed by atoms with Gasteiger partial charge in [-0.3, -0.25) is 0 Å². The van der Waals surface area contributed by atoms with E-state index in [-0.39, 0.29) is 6.04 Å². The lowest BCUT2D eigenvalue weighted by atomic mass is 10.1. The molecule has 1 aromatic carbocycles. The van der Waals surface area contributed by atoms with Crippen LogP contribution in [0.5, 0.6) is 0 Å². The molecule has 0 saturated heterocycles. The van der Waals surface area contributed by atoms with Gasteiger partial charge in [0.25, 0.3) is 0 Å². The average Bonchev–Trinajstić information content (AvgIpc) is 2.26. The van der Waals surface area contributed by atoms with Crippen LogP contribution in [0.2, 0.25) is 0 Å². The molecule has 0 aliphatic rings. The molecule has 82 valence electrons. The highest BCUT2D eigenvalue weighted by Crippen LogP contribution is 2.16. The summed E-state index contributed by atoms with van der Waals surface area (Å²) in [6, 6.07) is 8.43. The smallest absolute Gasteiger partial charge is 0.0432 e. The third-order valence-corrected chi connectivity index (χ3v) is 3.21. The van der Waals surface area contributed by atoms with Crippen LogP contribution in [-0.2, 0) is 0 Å². The number of nitrogens with one attached hydrogen (secondary N) is 1. The average molecular weight is 309 g/mol. The Labute approximate surface area is 109 Å². The molecule has 0 aliphatic carbocycles. The minimum absolute atomic E-state index is 0.253. The topological polar surface area (TPSA) is 12.0 Å². The van der Waals surface area contributed by atoms with E-state index in [1.54, 1.807) is 0 Å². The zero-order valence-electron chi connectivity index (χ0n) is 8.31. The molecule has 1 rings (SSSR count). The first-order chi connectivity index (χ1) is 7.13. The van der Waals surface area contributed by atoms with E-state index in [2.05, 4.69) is 40.3 Å². The van der Waals surface area contributed by atoms with E-state index < -0.39 is 0 Å². The molecule has 1 atom stereocenters. The first kappa shape index (κ1) is 13.0. The molecule has 0 aliphatic heterocycles. The van der Waals surface area contributed by atoms with E-state index in [9.17, 15) is 0 Å².